The Balaban J connectivity index is 1.82. The summed E-state index contributed by atoms with van der Waals surface area (Å²) in [6, 6.07) is 17.9. The molecule has 0 saturated heterocycles. The molecule has 0 aliphatic heterocycles. The Bertz CT molecular complexity index is 1470. The van der Waals surface area contributed by atoms with Crippen LogP contribution >= 0.6 is 11.6 Å². The monoisotopic (exact) mass is 492 g/mol. The lowest BCUT2D eigenvalue weighted by atomic mass is 10.1. The number of nitrogens with two attached hydrogens (primary N) is 1. The summed E-state index contributed by atoms with van der Waals surface area (Å²) in [6.45, 7) is 2.31. The molecule has 2 aromatic heterocycles. The second-order valence-corrected chi connectivity index (χ2v) is 8.47. The van der Waals surface area contributed by atoms with E-state index in [9.17, 15) is 14.4 Å². The van der Waals surface area contributed by atoms with Crippen LogP contribution in [0.25, 0.3) is 16.9 Å². The number of amides is 1. The van der Waals surface area contributed by atoms with Crippen LogP contribution in [0, 0.1) is 0 Å². The molecule has 0 atom stereocenters. The van der Waals surface area contributed by atoms with E-state index in [2.05, 4.69) is 10.1 Å². The largest absolute Gasteiger partial charge is 0.383 e. The van der Waals surface area contributed by atoms with E-state index in [1.165, 1.54) is 16.3 Å². The van der Waals surface area contributed by atoms with Gasteiger partial charge in [-0.3, -0.25) is 19.1 Å². The fourth-order valence-corrected chi connectivity index (χ4v) is 3.90. The second-order valence-electron chi connectivity index (χ2n) is 8.03. The molecular weight excluding hydrogens is 468 g/mol. The van der Waals surface area contributed by atoms with Gasteiger partial charge in [0.15, 0.2) is 5.69 Å². The lowest BCUT2D eigenvalue weighted by Gasteiger charge is -2.20. The molecule has 35 heavy (non-hydrogen) atoms. The molecule has 0 radical (unpaired) electrons. The molecule has 10 heteroatoms. The van der Waals surface area contributed by atoms with Gasteiger partial charge in [0.1, 0.15) is 11.5 Å². The van der Waals surface area contributed by atoms with Gasteiger partial charge in [-0.25, -0.2) is 9.48 Å². The Morgan fingerprint density at radius 1 is 1.11 bits per heavy atom. The summed E-state index contributed by atoms with van der Waals surface area (Å²) in [5.41, 5.74) is 6.98. The number of unbranched alkanes of at least 4 members (excludes halogenated alkanes) is 1. The minimum Gasteiger partial charge on any atom is -0.383 e. The molecule has 0 unspecified atom stereocenters. The first-order chi connectivity index (χ1) is 16.8. The van der Waals surface area contributed by atoms with Gasteiger partial charge in [0, 0.05) is 24.2 Å². The molecule has 180 valence electrons. The maximum absolute atomic E-state index is 13.7. The molecule has 9 nitrogen and oxygen atoms in total. The molecule has 4 aromatic rings. The van der Waals surface area contributed by atoms with Gasteiger partial charge in [-0.1, -0.05) is 55.3 Å². The normalized spacial score (nSPS) is 10.9. The smallest absolute Gasteiger partial charge is 0.330 e. The Hall–Kier alpha value is -4.11. The fourth-order valence-electron chi connectivity index (χ4n) is 3.77. The van der Waals surface area contributed by atoms with Crippen LogP contribution in [0.4, 0.5) is 11.5 Å². The molecule has 4 rings (SSSR count). The molecule has 0 aliphatic carbocycles. The second kappa shape index (κ2) is 10.0. The number of nitrogens with zero attached hydrogens (tertiary/aromatic N) is 4. The topological polar surface area (TPSA) is 119 Å². The van der Waals surface area contributed by atoms with Crippen molar-refractivity contribution in [3.05, 3.63) is 92.2 Å². The summed E-state index contributed by atoms with van der Waals surface area (Å²) in [4.78, 5) is 42.1. The minimum atomic E-state index is -0.736. The van der Waals surface area contributed by atoms with Crippen LogP contribution in [-0.4, -0.2) is 32.3 Å². The highest BCUT2D eigenvalue weighted by Gasteiger charge is 2.26. The molecule has 0 spiro atoms. The molecule has 0 bridgehead atoms. The van der Waals surface area contributed by atoms with E-state index in [0.29, 0.717) is 29.4 Å². The summed E-state index contributed by atoms with van der Waals surface area (Å²) in [7, 11) is 1.45. The number of aromatic amines is 1. The molecule has 0 aliphatic rings. The number of rotatable bonds is 7. The van der Waals surface area contributed by atoms with Crippen LogP contribution < -0.4 is 21.9 Å². The summed E-state index contributed by atoms with van der Waals surface area (Å²) in [6.07, 6.45) is 1.53. The number of benzene rings is 2. The molecule has 0 saturated carbocycles. The number of anilines is 2. The lowest BCUT2D eigenvalue weighted by molar-refractivity contribution is 0.0985. The molecule has 0 fully saturated rings. The molecule has 2 aromatic carbocycles. The van der Waals surface area contributed by atoms with Gasteiger partial charge in [-0.15, -0.1) is 0 Å². The van der Waals surface area contributed by atoms with Gasteiger partial charge in [0.25, 0.3) is 11.5 Å². The first-order valence-electron chi connectivity index (χ1n) is 11.1. The number of halogens is 1. The Labute approximate surface area is 206 Å². The van der Waals surface area contributed by atoms with E-state index in [0.717, 1.165) is 16.9 Å². The van der Waals surface area contributed by atoms with Crippen molar-refractivity contribution in [2.75, 3.05) is 17.7 Å². The van der Waals surface area contributed by atoms with Crippen molar-refractivity contribution < 1.29 is 4.79 Å². The number of nitrogen functional groups attached to an aromatic ring is 1. The maximum Gasteiger partial charge on any atom is 0.330 e. The summed E-state index contributed by atoms with van der Waals surface area (Å²) >= 11 is 6.02. The Morgan fingerprint density at radius 2 is 1.80 bits per heavy atom. The van der Waals surface area contributed by atoms with Gasteiger partial charge in [0.2, 0.25) is 0 Å². The van der Waals surface area contributed by atoms with Crippen molar-refractivity contribution in [3.63, 3.8) is 0 Å². The number of carbonyl (C=O) groups excluding carboxylic acids is 1. The van der Waals surface area contributed by atoms with Crippen LogP contribution in [0.3, 0.4) is 0 Å². The number of nitrogens with one attached hydrogen (secondary N) is 1. The number of carbonyl (C=O) groups is 1. The van der Waals surface area contributed by atoms with E-state index in [1.54, 1.807) is 18.2 Å². The van der Waals surface area contributed by atoms with E-state index in [1.807, 2.05) is 49.4 Å². The summed E-state index contributed by atoms with van der Waals surface area (Å²) in [5.74, 6) is -0.578. The number of para-hydroxylation sites is 1. The highest BCUT2D eigenvalue weighted by atomic mass is 35.5. The zero-order valence-electron chi connectivity index (χ0n) is 19.4. The SMILES string of the molecule is CCCCn1c(N)c(N(C)C(=O)c2cc(-c3ccc(Cl)cc3)nn2-c2ccccc2)c(=O)[nH]c1=O. The summed E-state index contributed by atoms with van der Waals surface area (Å²) in [5, 5.41) is 5.23. The van der Waals surface area contributed by atoms with Crippen molar-refractivity contribution in [1.82, 2.24) is 19.3 Å². The predicted molar refractivity (Wildman–Crippen MR) is 137 cm³/mol. The zero-order chi connectivity index (χ0) is 25.1. The van der Waals surface area contributed by atoms with Crippen LogP contribution in [-0.2, 0) is 6.54 Å². The van der Waals surface area contributed by atoms with Crippen molar-refractivity contribution in [2.24, 2.45) is 0 Å². The van der Waals surface area contributed by atoms with E-state index < -0.39 is 17.2 Å². The van der Waals surface area contributed by atoms with Gasteiger partial charge in [-0.2, -0.15) is 5.10 Å². The predicted octanol–water partition coefficient (Wildman–Crippen LogP) is 3.70. The van der Waals surface area contributed by atoms with Crippen molar-refractivity contribution >= 4 is 29.0 Å². The fraction of sp³-hybridized carbons (Fsp3) is 0.200. The Morgan fingerprint density at radius 3 is 2.46 bits per heavy atom. The van der Waals surface area contributed by atoms with Crippen LogP contribution in [0.1, 0.15) is 30.3 Å². The first kappa shape index (κ1) is 24.0. The third kappa shape index (κ3) is 4.76. The van der Waals surface area contributed by atoms with Crippen LogP contribution in [0.15, 0.2) is 70.3 Å². The van der Waals surface area contributed by atoms with Gasteiger partial charge in [-0.05, 0) is 36.8 Å². The molecule has 1 amide bonds. The first-order valence-corrected chi connectivity index (χ1v) is 11.5. The van der Waals surface area contributed by atoms with E-state index in [-0.39, 0.29) is 17.2 Å². The maximum atomic E-state index is 13.7. The number of hydrogen-bond acceptors (Lipinski definition) is 5. The van der Waals surface area contributed by atoms with Gasteiger partial charge >= 0.3 is 5.69 Å². The quantitative estimate of drug-likeness (QED) is 0.407. The average molecular weight is 493 g/mol. The van der Waals surface area contributed by atoms with Gasteiger partial charge < -0.3 is 10.6 Å². The molecular formula is C25H25ClN6O3. The van der Waals surface area contributed by atoms with E-state index in [4.69, 9.17) is 17.3 Å². The summed E-state index contributed by atoms with van der Waals surface area (Å²) < 4.78 is 2.79. The highest BCUT2D eigenvalue weighted by molar-refractivity contribution is 6.30. The number of H-pyrrole nitrogens is 1. The van der Waals surface area contributed by atoms with Crippen molar-refractivity contribution in [3.8, 4) is 16.9 Å². The third-order valence-electron chi connectivity index (χ3n) is 5.66. The van der Waals surface area contributed by atoms with Crippen LogP contribution in [0.2, 0.25) is 5.02 Å². The van der Waals surface area contributed by atoms with Crippen LogP contribution in [0.5, 0.6) is 0 Å². The molecule has 3 N–H and O–H groups in total. The third-order valence-corrected chi connectivity index (χ3v) is 5.91. The standard InChI is InChI=1S/C25H25ClN6O3/c1-3-4-14-31-22(27)21(23(33)28-25(31)35)30(2)24(34)20-15-19(16-10-12-17(26)13-11-16)29-32(20)18-8-6-5-7-9-18/h5-13,15H,3-4,14,27H2,1-2H3,(H,28,33,35). The van der Waals surface area contributed by atoms with E-state index >= 15 is 0 Å². The number of aromatic nitrogens is 4. The average Bonchev–Trinajstić information content (AvgIpc) is 3.29. The van der Waals surface area contributed by atoms with Gasteiger partial charge in [0.05, 0.1) is 11.4 Å². The lowest BCUT2D eigenvalue weighted by Crippen LogP contribution is -2.39. The highest BCUT2D eigenvalue weighted by Crippen LogP contribution is 2.25. The Kier molecular flexibility index (Phi) is 6.88. The number of hydrogen-bond donors (Lipinski definition) is 2. The van der Waals surface area contributed by atoms with Crippen molar-refractivity contribution in [2.45, 2.75) is 26.3 Å². The molecule has 2 heterocycles. The zero-order valence-corrected chi connectivity index (χ0v) is 20.1. The minimum absolute atomic E-state index is 0.0632. The van der Waals surface area contributed by atoms with Crippen molar-refractivity contribution in [1.29, 1.82) is 0 Å².